The molecule has 10 heteroatoms. The fourth-order valence-corrected chi connectivity index (χ4v) is 4.48. The highest BCUT2D eigenvalue weighted by Gasteiger charge is 2.24. The Labute approximate surface area is 222 Å². The van der Waals surface area contributed by atoms with Gasteiger partial charge in [0.05, 0.1) is 50.0 Å². The quantitative estimate of drug-likeness (QED) is 0.449. The zero-order valence-corrected chi connectivity index (χ0v) is 22.5. The number of ether oxygens (including phenoxy) is 4. The van der Waals surface area contributed by atoms with Crippen LogP contribution in [0.3, 0.4) is 0 Å². The number of pyridine rings is 1. The normalized spacial score (nSPS) is 16.5. The molecule has 0 unspecified atom stereocenters. The standard InChI is InChI=1S/C28H35N5O5/c1-28(2,3)26(34)38-18-20-17-19(5-8-23(20)35-4)22-7-6-21-24(29-22)30-27(33-11-15-37-16-12-33)31-25(21)32-9-13-36-14-10-32/h5-8,17H,9-16,18H2,1-4H3. The van der Waals surface area contributed by atoms with Gasteiger partial charge in [-0.3, -0.25) is 4.79 Å². The molecule has 5 rings (SSSR count). The lowest BCUT2D eigenvalue weighted by molar-refractivity contribution is -0.154. The summed E-state index contributed by atoms with van der Waals surface area (Å²) in [7, 11) is 1.61. The zero-order valence-electron chi connectivity index (χ0n) is 22.5. The second-order valence-corrected chi connectivity index (χ2v) is 10.5. The number of carbonyl (C=O) groups excluding carboxylic acids is 1. The van der Waals surface area contributed by atoms with Gasteiger partial charge in [0.15, 0.2) is 5.65 Å². The van der Waals surface area contributed by atoms with Crippen LogP contribution in [0, 0.1) is 5.41 Å². The maximum Gasteiger partial charge on any atom is 0.311 e. The summed E-state index contributed by atoms with van der Waals surface area (Å²) in [5.41, 5.74) is 2.48. The van der Waals surface area contributed by atoms with E-state index in [0.717, 1.165) is 54.2 Å². The Kier molecular flexibility index (Phi) is 7.62. The number of nitrogens with zero attached hydrogens (tertiary/aromatic N) is 5. The first-order valence-corrected chi connectivity index (χ1v) is 13.0. The van der Waals surface area contributed by atoms with Gasteiger partial charge in [0.2, 0.25) is 5.95 Å². The van der Waals surface area contributed by atoms with Crippen LogP contribution in [0.15, 0.2) is 30.3 Å². The molecule has 0 radical (unpaired) electrons. The van der Waals surface area contributed by atoms with E-state index in [2.05, 4.69) is 9.80 Å². The highest BCUT2D eigenvalue weighted by atomic mass is 16.5. The molecular formula is C28H35N5O5. The van der Waals surface area contributed by atoms with Crippen LogP contribution in [0.2, 0.25) is 0 Å². The van der Waals surface area contributed by atoms with Crippen LogP contribution in [-0.2, 0) is 25.6 Å². The lowest BCUT2D eigenvalue weighted by Gasteiger charge is -2.31. The summed E-state index contributed by atoms with van der Waals surface area (Å²) in [6, 6.07) is 9.80. The second-order valence-electron chi connectivity index (χ2n) is 10.5. The summed E-state index contributed by atoms with van der Waals surface area (Å²) in [6.45, 7) is 11.3. The molecule has 38 heavy (non-hydrogen) atoms. The first-order chi connectivity index (χ1) is 18.3. The maximum atomic E-state index is 12.4. The van der Waals surface area contributed by atoms with E-state index in [1.807, 2.05) is 51.1 Å². The van der Waals surface area contributed by atoms with Crippen molar-refractivity contribution >= 4 is 28.8 Å². The van der Waals surface area contributed by atoms with Crippen LogP contribution in [0.4, 0.5) is 11.8 Å². The van der Waals surface area contributed by atoms with Gasteiger partial charge in [-0.05, 0) is 51.1 Å². The largest absolute Gasteiger partial charge is 0.496 e. The SMILES string of the molecule is COc1ccc(-c2ccc3c(N4CCOCC4)nc(N4CCOCC4)nc3n2)cc1COC(=O)C(C)(C)C. The van der Waals surface area contributed by atoms with Gasteiger partial charge in [-0.1, -0.05) is 0 Å². The molecule has 0 saturated carbocycles. The molecule has 0 aliphatic carbocycles. The molecule has 10 nitrogen and oxygen atoms in total. The van der Waals surface area contributed by atoms with Gasteiger partial charge in [0.25, 0.3) is 0 Å². The van der Waals surface area contributed by atoms with Crippen LogP contribution >= 0.6 is 0 Å². The Hall–Kier alpha value is -3.50. The highest BCUT2D eigenvalue weighted by Crippen LogP contribution is 2.31. The van der Waals surface area contributed by atoms with Gasteiger partial charge >= 0.3 is 5.97 Å². The summed E-state index contributed by atoms with van der Waals surface area (Å²) in [5.74, 6) is 1.93. The zero-order chi connectivity index (χ0) is 26.7. The van der Waals surface area contributed by atoms with Crippen molar-refractivity contribution in [2.24, 2.45) is 5.41 Å². The number of hydrogen-bond acceptors (Lipinski definition) is 10. The number of morpholine rings is 2. The number of aromatic nitrogens is 3. The fraction of sp³-hybridized carbons (Fsp3) is 0.500. The van der Waals surface area contributed by atoms with Crippen molar-refractivity contribution in [3.63, 3.8) is 0 Å². The molecule has 0 bridgehead atoms. The molecule has 0 N–H and O–H groups in total. The predicted molar refractivity (Wildman–Crippen MR) is 145 cm³/mol. The van der Waals surface area contributed by atoms with Crippen molar-refractivity contribution in [1.82, 2.24) is 15.0 Å². The molecule has 0 spiro atoms. The predicted octanol–water partition coefficient (Wildman–Crippen LogP) is 3.46. The van der Waals surface area contributed by atoms with Crippen molar-refractivity contribution in [2.75, 3.05) is 69.5 Å². The number of hydrogen-bond donors (Lipinski definition) is 0. The van der Waals surface area contributed by atoms with E-state index in [0.29, 0.717) is 43.8 Å². The van der Waals surface area contributed by atoms with Gasteiger partial charge in [0, 0.05) is 37.3 Å². The molecule has 2 aromatic heterocycles. The Morgan fingerprint density at radius 1 is 0.921 bits per heavy atom. The average Bonchev–Trinajstić information content (AvgIpc) is 2.95. The lowest BCUT2D eigenvalue weighted by Crippen LogP contribution is -2.39. The molecule has 2 aliphatic heterocycles. The van der Waals surface area contributed by atoms with Crippen molar-refractivity contribution < 1.29 is 23.7 Å². The third-order valence-electron chi connectivity index (χ3n) is 6.68. The van der Waals surface area contributed by atoms with E-state index in [1.54, 1.807) is 7.11 Å². The summed E-state index contributed by atoms with van der Waals surface area (Å²) < 4.78 is 22.2. The van der Waals surface area contributed by atoms with E-state index < -0.39 is 5.41 Å². The van der Waals surface area contributed by atoms with E-state index in [-0.39, 0.29) is 12.6 Å². The molecule has 2 aliphatic rings. The number of fused-ring (bicyclic) bond motifs is 1. The minimum Gasteiger partial charge on any atom is -0.496 e. The van der Waals surface area contributed by atoms with Gasteiger partial charge in [-0.25, -0.2) is 4.98 Å². The lowest BCUT2D eigenvalue weighted by atomic mass is 9.97. The van der Waals surface area contributed by atoms with Crippen molar-refractivity contribution in [1.29, 1.82) is 0 Å². The summed E-state index contributed by atoms with van der Waals surface area (Å²) in [6.07, 6.45) is 0. The minimum absolute atomic E-state index is 0.116. The van der Waals surface area contributed by atoms with E-state index in [1.165, 1.54) is 0 Å². The smallest absolute Gasteiger partial charge is 0.311 e. The van der Waals surface area contributed by atoms with Gasteiger partial charge in [0.1, 0.15) is 18.2 Å². The number of rotatable bonds is 6. The maximum absolute atomic E-state index is 12.4. The van der Waals surface area contributed by atoms with Crippen LogP contribution in [0.25, 0.3) is 22.3 Å². The number of esters is 1. The summed E-state index contributed by atoms with van der Waals surface area (Å²) in [5, 5.41) is 0.903. The Bertz CT molecular complexity index is 1300. The third kappa shape index (κ3) is 5.66. The second kappa shape index (κ2) is 11.1. The average molecular weight is 522 g/mol. The molecule has 3 aromatic rings. The number of methoxy groups -OCH3 is 1. The van der Waals surface area contributed by atoms with Crippen molar-refractivity contribution in [3.8, 4) is 17.0 Å². The Balaban J connectivity index is 1.52. The van der Waals surface area contributed by atoms with Crippen molar-refractivity contribution in [3.05, 3.63) is 35.9 Å². The molecular weight excluding hydrogens is 486 g/mol. The monoisotopic (exact) mass is 521 g/mol. The third-order valence-corrected chi connectivity index (χ3v) is 6.68. The molecule has 0 atom stereocenters. The number of anilines is 2. The molecule has 1 aromatic carbocycles. The fourth-order valence-electron chi connectivity index (χ4n) is 4.48. The number of carbonyl (C=O) groups is 1. The van der Waals surface area contributed by atoms with E-state index in [4.69, 9.17) is 33.9 Å². The molecule has 2 fully saturated rings. The van der Waals surface area contributed by atoms with Crippen molar-refractivity contribution in [2.45, 2.75) is 27.4 Å². The first kappa shape index (κ1) is 26.1. The topological polar surface area (TPSA) is 99.1 Å². The van der Waals surface area contributed by atoms with Gasteiger partial charge in [-0.15, -0.1) is 0 Å². The van der Waals surface area contributed by atoms with Crippen LogP contribution < -0.4 is 14.5 Å². The van der Waals surface area contributed by atoms with E-state index in [9.17, 15) is 4.79 Å². The molecule has 2 saturated heterocycles. The van der Waals surface area contributed by atoms with Crippen LogP contribution in [-0.4, -0.2) is 80.6 Å². The molecule has 0 amide bonds. The van der Waals surface area contributed by atoms with Gasteiger partial charge < -0.3 is 28.7 Å². The van der Waals surface area contributed by atoms with Gasteiger partial charge in [-0.2, -0.15) is 9.97 Å². The highest BCUT2D eigenvalue weighted by molar-refractivity contribution is 5.90. The summed E-state index contributed by atoms with van der Waals surface area (Å²) in [4.78, 5) is 31.6. The summed E-state index contributed by atoms with van der Waals surface area (Å²) >= 11 is 0. The first-order valence-electron chi connectivity index (χ1n) is 13.0. The minimum atomic E-state index is -0.583. The van der Waals surface area contributed by atoms with Crippen LogP contribution in [0.5, 0.6) is 5.75 Å². The number of benzene rings is 1. The Morgan fingerprint density at radius 3 is 2.26 bits per heavy atom. The Morgan fingerprint density at radius 2 is 1.61 bits per heavy atom. The van der Waals surface area contributed by atoms with E-state index >= 15 is 0 Å². The van der Waals surface area contributed by atoms with Crippen LogP contribution in [0.1, 0.15) is 26.3 Å². The molecule has 202 valence electrons. The molecule has 4 heterocycles.